The van der Waals surface area contributed by atoms with Crippen molar-refractivity contribution >= 4 is 23.2 Å². The van der Waals surface area contributed by atoms with Crippen molar-refractivity contribution in [3.8, 4) is 0 Å². The van der Waals surface area contributed by atoms with Crippen molar-refractivity contribution in [2.45, 2.75) is 12.5 Å². The first-order chi connectivity index (χ1) is 5.24. The molecule has 1 amide bonds. The second-order valence-electron chi connectivity index (χ2n) is 2.15. The zero-order valence-electron chi connectivity index (χ0n) is 5.76. The molecule has 62 valence electrons. The average molecular weight is 175 g/mol. The molecule has 1 rings (SSSR count). The van der Waals surface area contributed by atoms with E-state index in [1.165, 1.54) is 0 Å². The van der Waals surface area contributed by atoms with Gasteiger partial charge in [0.05, 0.1) is 0 Å². The predicted octanol–water partition coefficient (Wildman–Crippen LogP) is -1.75. The molecule has 1 aliphatic rings. The van der Waals surface area contributed by atoms with Gasteiger partial charge in [0.1, 0.15) is 6.04 Å². The van der Waals surface area contributed by atoms with E-state index in [9.17, 15) is 4.79 Å². The Labute approximate surface area is 69.1 Å². The fraction of sp³-hybridized carbons (Fsp3) is 0.600. The van der Waals surface area contributed by atoms with Crippen molar-refractivity contribution in [1.29, 1.82) is 0 Å². The molecule has 0 bridgehead atoms. The third-order valence-corrected chi connectivity index (χ3v) is 1.54. The van der Waals surface area contributed by atoms with Crippen molar-refractivity contribution in [3.05, 3.63) is 0 Å². The van der Waals surface area contributed by atoms with Gasteiger partial charge in [-0.3, -0.25) is 10.2 Å². The van der Waals surface area contributed by atoms with E-state index in [0.29, 0.717) is 6.42 Å². The lowest BCUT2D eigenvalue weighted by Gasteiger charge is -2.24. The molecule has 4 N–H and O–H groups in total. The zero-order valence-corrected chi connectivity index (χ0v) is 6.57. The highest BCUT2D eigenvalue weighted by Crippen LogP contribution is 1.92. The van der Waals surface area contributed by atoms with Crippen molar-refractivity contribution in [1.82, 2.24) is 16.2 Å². The Kier molecular flexibility index (Phi) is 2.75. The van der Waals surface area contributed by atoms with Gasteiger partial charge in [0.25, 0.3) is 0 Å². The molecule has 1 atom stereocenters. The largest absolute Gasteiger partial charge is 0.396 e. The van der Waals surface area contributed by atoms with Crippen LogP contribution in [0.15, 0.2) is 0 Å². The number of nitrogens with one attached hydrogen (secondary N) is 3. The van der Waals surface area contributed by atoms with E-state index in [1.54, 1.807) is 0 Å². The van der Waals surface area contributed by atoms with E-state index in [2.05, 4.69) is 28.4 Å². The summed E-state index contributed by atoms with van der Waals surface area (Å²) in [6.07, 6.45) is 0.376. The minimum atomic E-state index is -0.397. The lowest BCUT2D eigenvalue weighted by Crippen LogP contribution is -2.62. The van der Waals surface area contributed by atoms with E-state index in [1.807, 2.05) is 0 Å². The van der Waals surface area contributed by atoms with Crippen LogP contribution in [-0.4, -0.2) is 28.8 Å². The van der Waals surface area contributed by atoms with Crippen molar-refractivity contribution in [2.24, 2.45) is 0 Å². The summed E-state index contributed by atoms with van der Waals surface area (Å²) in [4.78, 5) is 11.0. The third kappa shape index (κ3) is 2.11. The molecular weight excluding hydrogens is 166 g/mol. The molecule has 0 aromatic carbocycles. The molecule has 0 aromatic rings. The summed E-state index contributed by atoms with van der Waals surface area (Å²) >= 11 is 4.65. The van der Waals surface area contributed by atoms with Crippen LogP contribution in [0.4, 0.5) is 0 Å². The summed E-state index contributed by atoms with van der Waals surface area (Å²) in [6, 6.07) is -0.397. The van der Waals surface area contributed by atoms with Crippen LogP contribution in [-0.2, 0) is 4.79 Å². The van der Waals surface area contributed by atoms with E-state index in [4.69, 9.17) is 5.11 Å². The van der Waals surface area contributed by atoms with Gasteiger partial charge in [0, 0.05) is 6.61 Å². The minimum absolute atomic E-state index is 0.0282. The lowest BCUT2D eigenvalue weighted by molar-refractivity contribution is -0.123. The molecule has 1 unspecified atom stereocenters. The third-order valence-electron chi connectivity index (χ3n) is 1.33. The Balaban J connectivity index is 2.44. The first-order valence-electron chi connectivity index (χ1n) is 3.21. The van der Waals surface area contributed by atoms with E-state index in [0.717, 1.165) is 0 Å². The highest BCUT2D eigenvalue weighted by atomic mass is 32.1. The fourth-order valence-corrected chi connectivity index (χ4v) is 0.940. The van der Waals surface area contributed by atoms with Crippen molar-refractivity contribution in [2.75, 3.05) is 6.61 Å². The number of aliphatic hydroxyl groups is 1. The number of carbonyl (C=O) groups excluding carboxylic acids is 1. The number of rotatable bonds is 2. The first-order valence-corrected chi connectivity index (χ1v) is 3.62. The maximum atomic E-state index is 11.0. The highest BCUT2D eigenvalue weighted by molar-refractivity contribution is 7.80. The molecule has 5 nitrogen and oxygen atoms in total. The molecule has 11 heavy (non-hydrogen) atoms. The number of hydrogen-bond acceptors (Lipinski definition) is 4. The monoisotopic (exact) mass is 175 g/mol. The molecule has 6 heteroatoms. The average Bonchev–Trinajstić information content (AvgIpc) is 1.95. The maximum Gasteiger partial charge on any atom is 0.245 e. The Morgan fingerprint density at radius 2 is 2.36 bits per heavy atom. The van der Waals surface area contributed by atoms with Crippen LogP contribution in [0.25, 0.3) is 0 Å². The van der Waals surface area contributed by atoms with Crippen molar-refractivity contribution in [3.63, 3.8) is 0 Å². The number of carbonyl (C=O) groups is 1. The van der Waals surface area contributed by atoms with E-state index in [-0.39, 0.29) is 17.6 Å². The first kappa shape index (κ1) is 8.38. The zero-order chi connectivity index (χ0) is 8.27. The second kappa shape index (κ2) is 3.61. The molecule has 0 aromatic heterocycles. The number of hydrazine groups is 1. The molecule has 0 aliphatic carbocycles. The van der Waals surface area contributed by atoms with Gasteiger partial charge in [-0.2, -0.15) is 0 Å². The summed E-state index contributed by atoms with van der Waals surface area (Å²) in [7, 11) is 0. The smallest absolute Gasteiger partial charge is 0.245 e. The molecule has 1 heterocycles. The fourth-order valence-electron chi connectivity index (χ4n) is 0.781. The summed E-state index contributed by atoms with van der Waals surface area (Å²) in [5, 5.41) is 11.2. The number of amides is 1. The molecule has 1 aliphatic heterocycles. The minimum Gasteiger partial charge on any atom is -0.396 e. The van der Waals surface area contributed by atoms with E-state index < -0.39 is 6.04 Å². The van der Waals surface area contributed by atoms with Crippen LogP contribution in [0, 0.1) is 0 Å². The Hall–Kier alpha value is -0.720. The SMILES string of the molecule is O=C1NC(=S)NNC1CCO. The molecule has 0 spiro atoms. The van der Waals surface area contributed by atoms with Gasteiger partial charge < -0.3 is 10.4 Å². The van der Waals surface area contributed by atoms with E-state index >= 15 is 0 Å². The summed E-state index contributed by atoms with van der Waals surface area (Å²) < 4.78 is 0. The quantitative estimate of drug-likeness (QED) is 0.374. The van der Waals surface area contributed by atoms with Crippen LogP contribution in [0.3, 0.4) is 0 Å². The summed E-state index contributed by atoms with van der Waals surface area (Å²) in [5.74, 6) is -0.206. The molecule has 0 radical (unpaired) electrons. The lowest BCUT2D eigenvalue weighted by atomic mass is 10.2. The van der Waals surface area contributed by atoms with Gasteiger partial charge in [-0.15, -0.1) is 0 Å². The van der Waals surface area contributed by atoms with Crippen LogP contribution < -0.4 is 16.2 Å². The van der Waals surface area contributed by atoms with Gasteiger partial charge in [-0.25, -0.2) is 5.43 Å². The second-order valence-corrected chi connectivity index (χ2v) is 2.56. The van der Waals surface area contributed by atoms with Gasteiger partial charge in [-0.05, 0) is 18.6 Å². The van der Waals surface area contributed by atoms with Crippen LogP contribution >= 0.6 is 12.2 Å². The summed E-state index contributed by atoms with van der Waals surface area (Å²) in [6.45, 7) is -0.0282. The topological polar surface area (TPSA) is 73.4 Å². The van der Waals surface area contributed by atoms with Crippen molar-refractivity contribution < 1.29 is 9.90 Å². The number of hydrogen-bond donors (Lipinski definition) is 4. The van der Waals surface area contributed by atoms with Crippen LogP contribution in [0.5, 0.6) is 0 Å². The number of thiocarbonyl (C=S) groups is 1. The van der Waals surface area contributed by atoms with Gasteiger partial charge in [0.2, 0.25) is 5.91 Å². The van der Waals surface area contributed by atoms with Gasteiger partial charge in [-0.1, -0.05) is 0 Å². The highest BCUT2D eigenvalue weighted by Gasteiger charge is 2.22. The molecule has 1 fully saturated rings. The Bertz CT molecular complexity index is 185. The molecule has 0 saturated carbocycles. The maximum absolute atomic E-state index is 11.0. The molecule has 1 saturated heterocycles. The Morgan fingerprint density at radius 3 is 2.91 bits per heavy atom. The van der Waals surface area contributed by atoms with Gasteiger partial charge >= 0.3 is 0 Å². The molecular formula is C5H9N3O2S. The number of aliphatic hydroxyl groups excluding tert-OH is 1. The van der Waals surface area contributed by atoms with Crippen LogP contribution in [0.1, 0.15) is 6.42 Å². The predicted molar refractivity (Wildman–Crippen MR) is 42.5 cm³/mol. The summed E-state index contributed by atoms with van der Waals surface area (Å²) in [5.41, 5.74) is 5.24. The van der Waals surface area contributed by atoms with Crippen LogP contribution in [0.2, 0.25) is 0 Å². The standard InChI is InChI=1S/C5H9N3O2S/c9-2-1-3-4(10)6-5(11)8-7-3/h3,7,9H,1-2H2,(H2,6,8,10,11). The normalized spacial score (nSPS) is 24.3. The Morgan fingerprint density at radius 1 is 1.64 bits per heavy atom. The van der Waals surface area contributed by atoms with Gasteiger partial charge in [0.15, 0.2) is 5.11 Å².